The van der Waals surface area contributed by atoms with Gasteiger partial charge in [-0.15, -0.1) is 11.8 Å². The van der Waals surface area contributed by atoms with Crippen LogP contribution < -0.4 is 10.6 Å². The van der Waals surface area contributed by atoms with Crippen molar-refractivity contribution in [3.8, 4) is 0 Å². The summed E-state index contributed by atoms with van der Waals surface area (Å²) in [5.74, 6) is -3.13. The van der Waals surface area contributed by atoms with Crippen molar-refractivity contribution >= 4 is 98.9 Å². The molecule has 0 bridgehead atoms. The number of aromatic carboxylic acids is 1. The zero-order valence-electron chi connectivity index (χ0n) is 19.2. The van der Waals surface area contributed by atoms with Crippen molar-refractivity contribution in [1.82, 2.24) is 0 Å². The molecular formula is C24H14Cl5F3N2O4S. The van der Waals surface area contributed by atoms with Crippen molar-refractivity contribution in [2.75, 3.05) is 10.6 Å². The van der Waals surface area contributed by atoms with Crippen LogP contribution in [0.1, 0.15) is 33.2 Å². The molecule has 3 N–H and O–H groups in total. The van der Waals surface area contributed by atoms with Gasteiger partial charge in [0.05, 0.1) is 52.7 Å². The average Bonchev–Trinajstić information content (AvgIpc) is 2.85. The number of alkyl halides is 3. The highest BCUT2D eigenvalue weighted by Crippen LogP contribution is 2.42. The Labute approximate surface area is 248 Å². The number of hydrogen-bond donors (Lipinski definition) is 3. The van der Waals surface area contributed by atoms with Gasteiger partial charge in [0.15, 0.2) is 0 Å². The minimum Gasteiger partial charge on any atom is -0.478 e. The molecule has 0 heterocycles. The summed E-state index contributed by atoms with van der Waals surface area (Å²) in [4.78, 5) is 37.9. The SMILES string of the molecule is CC(Sc1cccc(NC(=O)c2c(Cl)c(Cl)c(Cl)c(Cl)c2C(=O)O)c1)C(=O)Nc1cc(C(F)(F)F)ccc1Cl. The lowest BCUT2D eigenvalue weighted by molar-refractivity contribution is -0.137. The van der Waals surface area contributed by atoms with E-state index in [1.807, 2.05) is 0 Å². The lowest BCUT2D eigenvalue weighted by Crippen LogP contribution is -2.23. The molecule has 0 saturated carbocycles. The van der Waals surface area contributed by atoms with Gasteiger partial charge in [-0.3, -0.25) is 9.59 Å². The number of hydrogen-bond acceptors (Lipinski definition) is 4. The first-order valence-corrected chi connectivity index (χ1v) is 13.2. The lowest BCUT2D eigenvalue weighted by Gasteiger charge is -2.16. The molecule has 3 aromatic carbocycles. The lowest BCUT2D eigenvalue weighted by atomic mass is 10.1. The molecule has 39 heavy (non-hydrogen) atoms. The molecule has 6 nitrogen and oxygen atoms in total. The van der Waals surface area contributed by atoms with E-state index in [4.69, 9.17) is 58.0 Å². The quantitative estimate of drug-likeness (QED) is 0.134. The second-order valence-corrected chi connectivity index (χ2v) is 11.1. The highest BCUT2D eigenvalue weighted by Gasteiger charge is 2.32. The van der Waals surface area contributed by atoms with E-state index in [0.29, 0.717) is 4.90 Å². The number of rotatable bonds is 7. The highest BCUT2D eigenvalue weighted by molar-refractivity contribution is 8.00. The molecule has 15 heteroatoms. The smallest absolute Gasteiger partial charge is 0.416 e. The summed E-state index contributed by atoms with van der Waals surface area (Å²) in [6.07, 6.45) is -4.62. The number of anilines is 2. The van der Waals surface area contributed by atoms with Crippen LogP contribution in [-0.4, -0.2) is 28.1 Å². The zero-order chi connectivity index (χ0) is 29.2. The van der Waals surface area contributed by atoms with Gasteiger partial charge in [0.25, 0.3) is 5.91 Å². The highest BCUT2D eigenvalue weighted by atomic mass is 35.5. The fourth-order valence-electron chi connectivity index (χ4n) is 3.18. The molecule has 0 aliphatic carbocycles. The van der Waals surface area contributed by atoms with Crippen molar-refractivity contribution in [1.29, 1.82) is 0 Å². The summed E-state index contributed by atoms with van der Waals surface area (Å²) in [6, 6.07) is 8.71. The Balaban J connectivity index is 1.78. The van der Waals surface area contributed by atoms with Gasteiger partial charge in [-0.1, -0.05) is 64.1 Å². The normalized spacial score (nSPS) is 12.1. The van der Waals surface area contributed by atoms with Crippen molar-refractivity contribution in [2.24, 2.45) is 0 Å². The number of carboxylic acid groups (broad SMARTS) is 1. The molecule has 0 saturated heterocycles. The van der Waals surface area contributed by atoms with Gasteiger partial charge in [0, 0.05) is 10.6 Å². The number of carbonyl (C=O) groups excluding carboxylic acids is 2. The fraction of sp³-hybridized carbons (Fsp3) is 0.125. The van der Waals surface area contributed by atoms with Crippen molar-refractivity contribution < 1.29 is 32.7 Å². The number of halogens is 8. The Morgan fingerprint density at radius 1 is 0.872 bits per heavy atom. The van der Waals surface area contributed by atoms with Crippen LogP contribution in [0.15, 0.2) is 47.4 Å². The Hall–Kier alpha value is -2.34. The molecule has 0 aromatic heterocycles. The number of benzene rings is 3. The first kappa shape index (κ1) is 31.2. The first-order valence-electron chi connectivity index (χ1n) is 10.5. The maximum atomic E-state index is 13.0. The molecular weight excluding hydrogens is 647 g/mol. The van der Waals surface area contributed by atoms with Gasteiger partial charge in [-0.25, -0.2) is 4.79 Å². The van der Waals surface area contributed by atoms with Crippen LogP contribution in [0.25, 0.3) is 0 Å². The van der Waals surface area contributed by atoms with Crippen LogP contribution in [0, 0.1) is 0 Å². The molecule has 0 aliphatic heterocycles. The number of carbonyl (C=O) groups is 3. The van der Waals surface area contributed by atoms with Crippen molar-refractivity contribution in [2.45, 2.75) is 23.2 Å². The van der Waals surface area contributed by atoms with E-state index in [1.54, 1.807) is 12.1 Å². The number of thioether (sulfide) groups is 1. The monoisotopic (exact) mass is 658 g/mol. The maximum Gasteiger partial charge on any atom is 0.416 e. The van der Waals surface area contributed by atoms with Gasteiger partial charge in [0.2, 0.25) is 5.91 Å². The van der Waals surface area contributed by atoms with Crippen LogP contribution in [0.4, 0.5) is 24.5 Å². The topological polar surface area (TPSA) is 95.5 Å². The average molecular weight is 661 g/mol. The van der Waals surface area contributed by atoms with Gasteiger partial charge >= 0.3 is 12.1 Å². The minimum atomic E-state index is -4.62. The summed E-state index contributed by atoms with van der Waals surface area (Å²) in [5.41, 5.74) is -2.12. The van der Waals surface area contributed by atoms with Crippen LogP contribution in [0.2, 0.25) is 25.1 Å². The molecule has 206 valence electrons. The van der Waals surface area contributed by atoms with Crippen LogP contribution in [0.5, 0.6) is 0 Å². The summed E-state index contributed by atoms with van der Waals surface area (Å²) in [6.45, 7) is 1.52. The standard InChI is InChI=1S/C24H14Cl5F3N2O4S/c1-9(21(35)34-14-7-10(24(30,31)32)5-6-13(14)25)39-12-4-2-3-11(8-12)33-22(36)15-16(23(37)38)18(27)20(29)19(28)17(15)26/h2-9H,1H3,(H,33,36)(H,34,35)(H,37,38). The van der Waals surface area contributed by atoms with Gasteiger partial charge in [0.1, 0.15) is 0 Å². The van der Waals surface area contributed by atoms with E-state index in [-0.39, 0.29) is 26.4 Å². The predicted molar refractivity (Wildman–Crippen MR) is 148 cm³/mol. The van der Waals surface area contributed by atoms with E-state index in [0.717, 1.165) is 30.0 Å². The van der Waals surface area contributed by atoms with Gasteiger partial charge in [-0.05, 0) is 43.3 Å². The molecule has 0 fully saturated rings. The third kappa shape index (κ3) is 7.25. The van der Waals surface area contributed by atoms with E-state index in [2.05, 4.69) is 10.6 Å². The predicted octanol–water partition coefficient (Wildman–Crippen LogP) is 9.04. The number of nitrogens with one attached hydrogen (secondary N) is 2. The Morgan fingerprint density at radius 2 is 1.49 bits per heavy atom. The van der Waals surface area contributed by atoms with Crippen molar-refractivity contribution in [3.05, 3.63) is 84.3 Å². The molecule has 1 atom stereocenters. The number of carboxylic acids is 1. The molecule has 1 unspecified atom stereocenters. The molecule has 0 radical (unpaired) electrons. The Morgan fingerprint density at radius 3 is 2.08 bits per heavy atom. The van der Waals surface area contributed by atoms with E-state index in [9.17, 15) is 32.7 Å². The first-order chi connectivity index (χ1) is 18.1. The summed E-state index contributed by atoms with van der Waals surface area (Å²) >= 11 is 31.0. The van der Waals surface area contributed by atoms with Crippen molar-refractivity contribution in [3.63, 3.8) is 0 Å². The molecule has 3 rings (SSSR count). The van der Waals surface area contributed by atoms with Gasteiger partial charge < -0.3 is 15.7 Å². The number of amides is 2. The Kier molecular flexibility index (Phi) is 9.96. The van der Waals surface area contributed by atoms with Crippen LogP contribution >= 0.6 is 69.8 Å². The fourth-order valence-corrected chi connectivity index (χ4v) is 5.29. The van der Waals surface area contributed by atoms with Crippen LogP contribution in [0.3, 0.4) is 0 Å². The van der Waals surface area contributed by atoms with Crippen LogP contribution in [-0.2, 0) is 11.0 Å². The Bertz CT molecular complexity index is 1490. The third-order valence-corrected chi connectivity index (χ3v) is 8.26. The molecule has 2 amide bonds. The summed E-state index contributed by atoms with van der Waals surface area (Å²) in [7, 11) is 0. The second-order valence-electron chi connectivity index (χ2n) is 7.73. The van der Waals surface area contributed by atoms with E-state index >= 15 is 0 Å². The van der Waals surface area contributed by atoms with Gasteiger partial charge in [-0.2, -0.15) is 13.2 Å². The summed E-state index contributed by atoms with van der Waals surface area (Å²) in [5, 5.41) is 12.0. The second kappa shape index (κ2) is 12.4. The zero-order valence-corrected chi connectivity index (χ0v) is 23.8. The third-order valence-electron chi connectivity index (χ3n) is 5.03. The summed E-state index contributed by atoms with van der Waals surface area (Å²) < 4.78 is 39.0. The molecule has 0 spiro atoms. The molecule has 0 aliphatic rings. The van der Waals surface area contributed by atoms with E-state index < -0.39 is 55.9 Å². The van der Waals surface area contributed by atoms with E-state index in [1.165, 1.54) is 19.1 Å². The minimum absolute atomic E-state index is 0.0694. The molecule has 3 aromatic rings. The maximum absolute atomic E-state index is 13.0. The largest absolute Gasteiger partial charge is 0.478 e.